The average molecular weight is 347 g/mol. The van der Waals surface area contributed by atoms with Gasteiger partial charge in [-0.1, -0.05) is 27.4 Å². The molecule has 0 saturated heterocycles. The minimum atomic E-state index is -2.73. The van der Waals surface area contributed by atoms with Gasteiger partial charge in [0, 0.05) is 30.9 Å². The van der Waals surface area contributed by atoms with Gasteiger partial charge in [0.1, 0.15) is 0 Å². The van der Waals surface area contributed by atoms with Crippen molar-refractivity contribution in [3.8, 4) is 0 Å². The third-order valence-electron chi connectivity index (χ3n) is 3.22. The summed E-state index contributed by atoms with van der Waals surface area (Å²) in [4.78, 5) is 11.4. The van der Waals surface area contributed by atoms with Gasteiger partial charge in [0.05, 0.1) is 6.61 Å². The monoisotopic (exact) mass is 346 g/mol. The van der Waals surface area contributed by atoms with Crippen LogP contribution >= 0.6 is 0 Å². The second kappa shape index (κ2) is 12.7. The van der Waals surface area contributed by atoms with Crippen LogP contribution in [0.3, 0.4) is 0 Å². The van der Waals surface area contributed by atoms with Gasteiger partial charge in [-0.25, -0.2) is 4.79 Å². The van der Waals surface area contributed by atoms with Gasteiger partial charge in [0.25, 0.3) is 0 Å². The fourth-order valence-electron chi connectivity index (χ4n) is 1.79. The van der Waals surface area contributed by atoms with Gasteiger partial charge >= 0.3 is 14.8 Å². The van der Waals surface area contributed by atoms with Crippen LogP contribution in [0, 0.1) is 0 Å². The molecule has 0 bridgehead atoms. The zero-order chi connectivity index (χ0) is 17.7. The number of esters is 1. The maximum absolute atomic E-state index is 11.4. The molecule has 23 heavy (non-hydrogen) atoms. The Labute approximate surface area is 142 Å². The second-order valence-corrected chi connectivity index (χ2v) is 8.42. The number of carbonyl (C=O) groups is 1. The lowest BCUT2D eigenvalue weighted by Gasteiger charge is -2.32. The first-order valence-corrected chi connectivity index (χ1v) is 10.6. The van der Waals surface area contributed by atoms with Crippen molar-refractivity contribution in [1.82, 2.24) is 0 Å². The topological polar surface area (TPSA) is 54.0 Å². The zero-order valence-electron chi connectivity index (χ0n) is 15.5. The first kappa shape index (κ1) is 22.3. The van der Waals surface area contributed by atoms with Gasteiger partial charge in [-0.15, -0.1) is 0 Å². The molecule has 0 heterocycles. The molecular formula is C17H34O5Si. The molecule has 0 aromatic heterocycles. The molecule has 6 heteroatoms. The quantitative estimate of drug-likeness (QED) is 0.205. The standard InChI is InChI=1S/C17H34O5Si/c1-7-11-20-23(21-12-8-2,22-16(6)9-3)14-10-13-19-17(18)15(4)5/h16H,4,7-14H2,1-3,5-6H3. The number of ether oxygens (including phenoxy) is 1. The van der Waals surface area contributed by atoms with Crippen molar-refractivity contribution >= 4 is 14.8 Å². The summed E-state index contributed by atoms with van der Waals surface area (Å²) in [6.45, 7) is 15.0. The van der Waals surface area contributed by atoms with Crippen LogP contribution in [0.2, 0.25) is 6.04 Å². The number of hydrogen-bond donors (Lipinski definition) is 0. The van der Waals surface area contributed by atoms with Crippen molar-refractivity contribution < 1.29 is 22.8 Å². The van der Waals surface area contributed by atoms with Crippen LogP contribution in [0.25, 0.3) is 0 Å². The Morgan fingerprint density at radius 1 is 1.09 bits per heavy atom. The van der Waals surface area contributed by atoms with E-state index in [1.807, 2.05) is 6.92 Å². The fourth-order valence-corrected chi connectivity index (χ4v) is 4.81. The number of hydrogen-bond acceptors (Lipinski definition) is 5. The zero-order valence-corrected chi connectivity index (χ0v) is 16.5. The van der Waals surface area contributed by atoms with Crippen molar-refractivity contribution in [1.29, 1.82) is 0 Å². The van der Waals surface area contributed by atoms with Crippen molar-refractivity contribution in [2.24, 2.45) is 0 Å². The highest BCUT2D eigenvalue weighted by Crippen LogP contribution is 2.22. The third-order valence-corrected chi connectivity index (χ3v) is 6.23. The first-order valence-electron chi connectivity index (χ1n) is 8.69. The summed E-state index contributed by atoms with van der Waals surface area (Å²) in [5, 5.41) is 0. The molecule has 0 radical (unpaired) electrons. The molecule has 0 N–H and O–H groups in total. The first-order chi connectivity index (χ1) is 10.9. The maximum Gasteiger partial charge on any atom is 0.501 e. The van der Waals surface area contributed by atoms with Gasteiger partial charge in [0.15, 0.2) is 0 Å². The Balaban J connectivity index is 4.69. The van der Waals surface area contributed by atoms with Crippen LogP contribution in [0.15, 0.2) is 12.2 Å². The van der Waals surface area contributed by atoms with Gasteiger partial charge < -0.3 is 18.0 Å². The van der Waals surface area contributed by atoms with Crippen LogP contribution < -0.4 is 0 Å². The third kappa shape index (κ3) is 9.91. The molecule has 0 aliphatic rings. The van der Waals surface area contributed by atoms with Crippen LogP contribution in [0.4, 0.5) is 0 Å². The smallest absolute Gasteiger partial charge is 0.462 e. The molecule has 0 fully saturated rings. The Hall–Kier alpha value is -0.693. The minimum Gasteiger partial charge on any atom is -0.462 e. The largest absolute Gasteiger partial charge is 0.501 e. The van der Waals surface area contributed by atoms with E-state index >= 15 is 0 Å². The van der Waals surface area contributed by atoms with E-state index in [2.05, 4.69) is 27.4 Å². The normalized spacial score (nSPS) is 12.9. The van der Waals surface area contributed by atoms with Crippen LogP contribution in [0.1, 0.15) is 60.3 Å². The highest BCUT2D eigenvalue weighted by Gasteiger charge is 2.42. The van der Waals surface area contributed by atoms with Crippen molar-refractivity contribution in [3.63, 3.8) is 0 Å². The van der Waals surface area contributed by atoms with E-state index in [4.69, 9.17) is 18.0 Å². The summed E-state index contributed by atoms with van der Waals surface area (Å²) in [6, 6.07) is 0.654. The molecule has 136 valence electrons. The molecule has 1 unspecified atom stereocenters. The van der Waals surface area contributed by atoms with Crippen LogP contribution in [-0.2, 0) is 22.8 Å². The molecular weight excluding hydrogens is 312 g/mol. The molecule has 0 spiro atoms. The van der Waals surface area contributed by atoms with Crippen LogP contribution in [-0.4, -0.2) is 40.7 Å². The molecule has 0 amide bonds. The molecule has 0 saturated carbocycles. The SMILES string of the molecule is C=C(C)C(=O)OCCC[Si](OCCC)(OCCC)OC(C)CC. The molecule has 0 aliphatic heterocycles. The molecule has 0 aromatic carbocycles. The van der Waals surface area contributed by atoms with Crippen molar-refractivity contribution in [2.75, 3.05) is 19.8 Å². The summed E-state index contributed by atoms with van der Waals surface area (Å²) >= 11 is 0. The molecule has 0 rings (SSSR count). The Bertz CT molecular complexity index is 338. The summed E-state index contributed by atoms with van der Waals surface area (Å²) in [7, 11) is -2.73. The van der Waals surface area contributed by atoms with E-state index in [0.717, 1.165) is 19.3 Å². The van der Waals surface area contributed by atoms with Gasteiger partial charge in [-0.05, 0) is 39.5 Å². The van der Waals surface area contributed by atoms with E-state index in [9.17, 15) is 4.79 Å². The lowest BCUT2D eigenvalue weighted by Crippen LogP contribution is -2.48. The van der Waals surface area contributed by atoms with Crippen molar-refractivity contribution in [3.05, 3.63) is 12.2 Å². The molecule has 0 aliphatic carbocycles. The summed E-state index contributed by atoms with van der Waals surface area (Å²) in [5.74, 6) is -0.357. The summed E-state index contributed by atoms with van der Waals surface area (Å²) < 4.78 is 23.4. The lowest BCUT2D eigenvalue weighted by atomic mass is 10.3. The average Bonchev–Trinajstić information content (AvgIpc) is 2.54. The Morgan fingerprint density at radius 3 is 2.09 bits per heavy atom. The van der Waals surface area contributed by atoms with Gasteiger partial charge in [0.2, 0.25) is 0 Å². The fraction of sp³-hybridized carbons (Fsp3) is 0.824. The second-order valence-electron chi connectivity index (χ2n) is 5.74. The van der Waals surface area contributed by atoms with E-state index in [1.54, 1.807) is 6.92 Å². The van der Waals surface area contributed by atoms with E-state index in [1.165, 1.54) is 0 Å². The van der Waals surface area contributed by atoms with Gasteiger partial charge in [-0.2, -0.15) is 0 Å². The molecule has 5 nitrogen and oxygen atoms in total. The number of carbonyl (C=O) groups excluding carboxylic acids is 1. The van der Waals surface area contributed by atoms with E-state index < -0.39 is 8.80 Å². The predicted octanol–water partition coefficient (Wildman–Crippen LogP) is 4.10. The highest BCUT2D eigenvalue weighted by atomic mass is 28.4. The highest BCUT2D eigenvalue weighted by molar-refractivity contribution is 6.60. The minimum absolute atomic E-state index is 0.0911. The molecule has 0 aromatic rings. The van der Waals surface area contributed by atoms with E-state index in [-0.39, 0.29) is 12.1 Å². The van der Waals surface area contributed by atoms with Crippen molar-refractivity contribution in [2.45, 2.75) is 72.5 Å². The summed E-state index contributed by atoms with van der Waals surface area (Å²) in [5.41, 5.74) is 0.411. The molecule has 1 atom stereocenters. The summed E-state index contributed by atoms with van der Waals surface area (Å²) in [6.07, 6.45) is 3.49. The van der Waals surface area contributed by atoms with E-state index in [0.29, 0.717) is 37.9 Å². The van der Waals surface area contributed by atoms with Gasteiger partial charge in [-0.3, -0.25) is 0 Å². The predicted molar refractivity (Wildman–Crippen MR) is 94.3 cm³/mol. The lowest BCUT2D eigenvalue weighted by molar-refractivity contribution is -0.139. The Morgan fingerprint density at radius 2 is 1.65 bits per heavy atom. The Kier molecular flexibility index (Phi) is 12.3. The van der Waals surface area contributed by atoms with Crippen LogP contribution in [0.5, 0.6) is 0 Å². The maximum atomic E-state index is 11.4. The number of rotatable bonds is 14.